The lowest BCUT2D eigenvalue weighted by Crippen LogP contribution is -2.04. The molecule has 0 bridgehead atoms. The number of aromatic nitrogens is 1. The van der Waals surface area contributed by atoms with E-state index in [-0.39, 0.29) is 0 Å². The number of anilines is 1. The average molecular weight is 294 g/mol. The predicted octanol–water partition coefficient (Wildman–Crippen LogP) is 3.86. The fraction of sp³-hybridized carbons (Fsp3) is 0.167. The third-order valence-corrected chi connectivity index (χ3v) is 3.60. The van der Waals surface area contributed by atoms with Gasteiger partial charge in [-0.05, 0) is 36.4 Å². The number of ether oxygens (including phenoxy) is 2. The van der Waals surface area contributed by atoms with Crippen LogP contribution in [0.25, 0.3) is 10.9 Å². The van der Waals surface area contributed by atoms with E-state index in [0.29, 0.717) is 6.54 Å². The third kappa shape index (κ3) is 2.81. The van der Waals surface area contributed by atoms with Gasteiger partial charge in [-0.1, -0.05) is 12.1 Å². The number of rotatable bonds is 5. The Kier molecular flexibility index (Phi) is 4.10. The molecule has 2 aromatic carbocycles. The molecule has 0 fully saturated rings. The summed E-state index contributed by atoms with van der Waals surface area (Å²) in [6, 6.07) is 15.9. The second kappa shape index (κ2) is 6.35. The molecule has 0 aliphatic carbocycles. The van der Waals surface area contributed by atoms with Crippen LogP contribution < -0.4 is 14.8 Å². The molecular weight excluding hydrogens is 276 g/mol. The Morgan fingerprint density at radius 1 is 0.955 bits per heavy atom. The summed E-state index contributed by atoms with van der Waals surface area (Å²) >= 11 is 0. The first-order chi connectivity index (χ1) is 10.8. The quantitative estimate of drug-likeness (QED) is 0.776. The van der Waals surface area contributed by atoms with E-state index in [1.165, 1.54) is 0 Å². The first kappa shape index (κ1) is 14.2. The maximum atomic E-state index is 5.42. The lowest BCUT2D eigenvalue weighted by Gasteiger charge is -2.14. The van der Waals surface area contributed by atoms with Gasteiger partial charge in [0.2, 0.25) is 0 Å². The predicted molar refractivity (Wildman–Crippen MR) is 88.6 cm³/mol. The fourth-order valence-electron chi connectivity index (χ4n) is 2.48. The van der Waals surface area contributed by atoms with Crippen LogP contribution in [0.4, 0.5) is 5.69 Å². The van der Waals surface area contributed by atoms with Gasteiger partial charge in [0.15, 0.2) is 0 Å². The van der Waals surface area contributed by atoms with E-state index >= 15 is 0 Å². The van der Waals surface area contributed by atoms with Gasteiger partial charge >= 0.3 is 0 Å². The summed E-state index contributed by atoms with van der Waals surface area (Å²) in [5, 5.41) is 4.53. The molecule has 0 saturated heterocycles. The summed E-state index contributed by atoms with van der Waals surface area (Å²) in [4.78, 5) is 4.33. The van der Waals surface area contributed by atoms with Crippen LogP contribution in [0.15, 0.2) is 54.7 Å². The molecule has 0 unspecified atom stereocenters. The van der Waals surface area contributed by atoms with E-state index in [1.54, 1.807) is 20.4 Å². The molecule has 0 aliphatic rings. The van der Waals surface area contributed by atoms with Gasteiger partial charge in [0.25, 0.3) is 0 Å². The zero-order valence-electron chi connectivity index (χ0n) is 12.7. The molecule has 0 radical (unpaired) electrons. The highest BCUT2D eigenvalue weighted by atomic mass is 16.5. The summed E-state index contributed by atoms with van der Waals surface area (Å²) < 4.78 is 10.8. The Hall–Kier alpha value is -2.75. The number of nitrogens with zero attached hydrogens (tertiary/aromatic N) is 1. The average Bonchev–Trinajstić information content (AvgIpc) is 2.59. The Balaban J connectivity index is 1.84. The molecular formula is C18H18N2O2. The van der Waals surface area contributed by atoms with Crippen molar-refractivity contribution in [1.29, 1.82) is 0 Å². The van der Waals surface area contributed by atoms with Crippen LogP contribution in [0.1, 0.15) is 5.56 Å². The van der Waals surface area contributed by atoms with Crippen LogP contribution in [-0.2, 0) is 6.54 Å². The molecule has 0 aliphatic heterocycles. The topological polar surface area (TPSA) is 43.4 Å². The van der Waals surface area contributed by atoms with Crippen LogP contribution in [0.5, 0.6) is 11.5 Å². The van der Waals surface area contributed by atoms with Crippen LogP contribution in [-0.4, -0.2) is 19.2 Å². The van der Waals surface area contributed by atoms with Gasteiger partial charge in [-0.2, -0.15) is 0 Å². The first-order valence-electron chi connectivity index (χ1n) is 7.10. The maximum Gasteiger partial charge on any atom is 0.127 e. The van der Waals surface area contributed by atoms with Crippen LogP contribution >= 0.6 is 0 Å². The van der Waals surface area contributed by atoms with Crippen molar-refractivity contribution in [2.24, 2.45) is 0 Å². The molecule has 3 aromatic rings. The van der Waals surface area contributed by atoms with Crippen LogP contribution in [0.3, 0.4) is 0 Å². The van der Waals surface area contributed by atoms with E-state index in [4.69, 9.17) is 9.47 Å². The van der Waals surface area contributed by atoms with Crippen molar-refractivity contribution < 1.29 is 9.47 Å². The summed E-state index contributed by atoms with van der Waals surface area (Å²) in [5.74, 6) is 1.63. The molecule has 0 amide bonds. The highest BCUT2D eigenvalue weighted by molar-refractivity contribution is 5.82. The number of methoxy groups -OCH3 is 2. The van der Waals surface area contributed by atoms with Crippen molar-refractivity contribution >= 4 is 16.6 Å². The number of hydrogen-bond donors (Lipinski definition) is 1. The summed E-state index contributed by atoms with van der Waals surface area (Å²) in [6.45, 7) is 0.624. The van der Waals surface area contributed by atoms with Crippen molar-refractivity contribution in [1.82, 2.24) is 4.98 Å². The van der Waals surface area contributed by atoms with Gasteiger partial charge in [0.1, 0.15) is 11.5 Å². The van der Waals surface area contributed by atoms with Gasteiger partial charge in [-0.3, -0.25) is 4.98 Å². The van der Waals surface area contributed by atoms with Gasteiger partial charge in [-0.15, -0.1) is 0 Å². The number of pyridine rings is 1. The summed E-state index contributed by atoms with van der Waals surface area (Å²) in [5.41, 5.74) is 3.02. The van der Waals surface area contributed by atoms with E-state index in [9.17, 15) is 0 Å². The second-order valence-corrected chi connectivity index (χ2v) is 4.91. The molecule has 22 heavy (non-hydrogen) atoms. The van der Waals surface area contributed by atoms with E-state index < -0.39 is 0 Å². The molecule has 112 valence electrons. The Morgan fingerprint density at radius 2 is 1.73 bits per heavy atom. The molecule has 1 heterocycles. The fourth-order valence-corrected chi connectivity index (χ4v) is 2.48. The van der Waals surface area contributed by atoms with Gasteiger partial charge in [-0.25, -0.2) is 0 Å². The highest BCUT2D eigenvalue weighted by Gasteiger charge is 2.09. The first-order valence-corrected chi connectivity index (χ1v) is 7.10. The second-order valence-electron chi connectivity index (χ2n) is 4.91. The number of hydrogen-bond acceptors (Lipinski definition) is 4. The largest absolute Gasteiger partial charge is 0.496 e. The lowest BCUT2D eigenvalue weighted by atomic mass is 10.1. The Morgan fingerprint density at radius 3 is 2.45 bits per heavy atom. The minimum Gasteiger partial charge on any atom is -0.496 e. The van der Waals surface area contributed by atoms with Crippen LogP contribution in [0.2, 0.25) is 0 Å². The monoisotopic (exact) mass is 294 g/mol. The zero-order valence-corrected chi connectivity index (χ0v) is 12.7. The number of benzene rings is 2. The third-order valence-electron chi connectivity index (χ3n) is 3.60. The van der Waals surface area contributed by atoms with Gasteiger partial charge in [0, 0.05) is 23.8 Å². The molecule has 1 N–H and O–H groups in total. The van der Waals surface area contributed by atoms with E-state index in [2.05, 4.69) is 22.4 Å². The molecule has 0 saturated carbocycles. The summed E-state index contributed by atoms with van der Waals surface area (Å²) in [7, 11) is 3.33. The molecule has 0 atom stereocenters. The number of fused-ring (bicyclic) bond motifs is 1. The van der Waals surface area contributed by atoms with Crippen molar-refractivity contribution in [2.75, 3.05) is 19.5 Å². The van der Waals surface area contributed by atoms with Gasteiger partial charge < -0.3 is 14.8 Å². The summed E-state index contributed by atoms with van der Waals surface area (Å²) in [6.07, 6.45) is 1.80. The highest BCUT2D eigenvalue weighted by Crippen LogP contribution is 2.29. The molecule has 1 aromatic heterocycles. The smallest absolute Gasteiger partial charge is 0.127 e. The standard InChI is InChI=1S/C18H18N2O2/c1-21-17-6-3-7-18(22-2)15(17)12-20-14-8-9-16-13(11-14)5-4-10-19-16/h3-11,20H,12H2,1-2H3. The number of nitrogens with one attached hydrogen (secondary N) is 1. The van der Waals surface area contributed by atoms with Crippen molar-refractivity contribution in [3.05, 3.63) is 60.3 Å². The zero-order chi connectivity index (χ0) is 15.4. The van der Waals surface area contributed by atoms with Crippen molar-refractivity contribution in [3.8, 4) is 11.5 Å². The molecule has 3 rings (SSSR count). The minimum absolute atomic E-state index is 0.624. The van der Waals surface area contributed by atoms with Gasteiger partial charge in [0.05, 0.1) is 25.3 Å². The van der Waals surface area contributed by atoms with Crippen molar-refractivity contribution in [3.63, 3.8) is 0 Å². The van der Waals surface area contributed by atoms with Crippen molar-refractivity contribution in [2.45, 2.75) is 6.54 Å². The Bertz CT molecular complexity index is 765. The molecule has 4 heteroatoms. The van der Waals surface area contributed by atoms with E-state index in [0.717, 1.165) is 33.7 Å². The normalized spacial score (nSPS) is 10.5. The van der Waals surface area contributed by atoms with Crippen LogP contribution in [0, 0.1) is 0 Å². The molecule has 0 spiro atoms. The lowest BCUT2D eigenvalue weighted by molar-refractivity contribution is 0.386. The maximum absolute atomic E-state index is 5.42. The molecule has 4 nitrogen and oxygen atoms in total. The SMILES string of the molecule is COc1cccc(OC)c1CNc1ccc2ncccc2c1. The van der Waals surface area contributed by atoms with E-state index in [1.807, 2.05) is 36.4 Å². The minimum atomic E-state index is 0.624. The Labute approximate surface area is 129 Å².